The number of unbranched alkanes of at least 4 members (excludes halogenated alkanes) is 1. The molecule has 1 aliphatic rings. The maximum absolute atomic E-state index is 11.8. The van der Waals surface area contributed by atoms with Gasteiger partial charge < -0.3 is 9.47 Å². The Morgan fingerprint density at radius 3 is 2.05 bits per heavy atom. The van der Waals surface area contributed by atoms with Gasteiger partial charge in [-0.05, 0) is 26.2 Å². The molecule has 0 aromatic carbocycles. The zero-order chi connectivity index (χ0) is 14.8. The third-order valence-electron chi connectivity index (χ3n) is 3.97. The van der Waals surface area contributed by atoms with E-state index >= 15 is 0 Å². The first-order valence-corrected chi connectivity index (χ1v) is 8.02. The van der Waals surface area contributed by atoms with Crippen molar-refractivity contribution in [1.82, 2.24) is 0 Å². The quantitative estimate of drug-likeness (QED) is 0.369. The van der Waals surface area contributed by atoms with Crippen LogP contribution in [0.4, 0.5) is 0 Å². The molecule has 4 nitrogen and oxygen atoms in total. The minimum atomic E-state index is -0.738. The molecule has 0 amide bonds. The van der Waals surface area contributed by atoms with Crippen molar-refractivity contribution in [2.75, 3.05) is 13.2 Å². The minimum absolute atomic E-state index is 0.302. The maximum atomic E-state index is 11.8. The second kappa shape index (κ2) is 9.78. The number of carbonyl (C=O) groups is 2. The lowest BCUT2D eigenvalue weighted by Gasteiger charge is -2.14. The van der Waals surface area contributed by atoms with E-state index in [0.717, 1.165) is 18.8 Å². The molecule has 1 aliphatic carbocycles. The van der Waals surface area contributed by atoms with E-state index in [1.807, 2.05) is 0 Å². The molecule has 20 heavy (non-hydrogen) atoms. The van der Waals surface area contributed by atoms with E-state index in [1.165, 1.54) is 32.1 Å². The zero-order valence-corrected chi connectivity index (χ0v) is 12.9. The van der Waals surface area contributed by atoms with E-state index in [9.17, 15) is 9.59 Å². The summed E-state index contributed by atoms with van der Waals surface area (Å²) in [5.41, 5.74) is 0. The normalized spacial score (nSPS) is 15.6. The lowest BCUT2D eigenvalue weighted by atomic mass is 9.96. The predicted octanol–water partition coefficient (Wildman–Crippen LogP) is 3.48. The van der Waals surface area contributed by atoms with Crippen LogP contribution in [0.5, 0.6) is 0 Å². The first-order valence-electron chi connectivity index (χ1n) is 8.02. The van der Waals surface area contributed by atoms with Gasteiger partial charge in [0, 0.05) is 0 Å². The highest BCUT2D eigenvalue weighted by Gasteiger charge is 2.28. The molecule has 1 fully saturated rings. The maximum Gasteiger partial charge on any atom is 0.320 e. The Kier molecular flexibility index (Phi) is 8.31. The topological polar surface area (TPSA) is 52.6 Å². The molecule has 0 heterocycles. The Morgan fingerprint density at radius 1 is 1.00 bits per heavy atom. The molecule has 1 saturated carbocycles. The molecular weight excluding hydrogens is 256 g/mol. The Morgan fingerprint density at radius 2 is 1.55 bits per heavy atom. The van der Waals surface area contributed by atoms with Crippen LogP contribution in [0.3, 0.4) is 0 Å². The summed E-state index contributed by atoms with van der Waals surface area (Å²) in [6.45, 7) is 4.11. The van der Waals surface area contributed by atoms with Crippen molar-refractivity contribution in [3.05, 3.63) is 0 Å². The van der Waals surface area contributed by atoms with Crippen LogP contribution in [0.2, 0.25) is 0 Å². The molecule has 0 aromatic rings. The third-order valence-corrected chi connectivity index (χ3v) is 3.97. The van der Waals surface area contributed by atoms with Crippen molar-refractivity contribution in [2.24, 2.45) is 11.8 Å². The number of rotatable bonds is 9. The van der Waals surface area contributed by atoms with Crippen LogP contribution in [0.25, 0.3) is 0 Å². The zero-order valence-electron chi connectivity index (χ0n) is 12.9. The Hall–Kier alpha value is -1.06. The van der Waals surface area contributed by atoms with E-state index in [2.05, 4.69) is 0 Å². The van der Waals surface area contributed by atoms with Gasteiger partial charge >= 0.3 is 11.9 Å². The van der Waals surface area contributed by atoms with Crippen LogP contribution in [0.1, 0.15) is 65.2 Å². The van der Waals surface area contributed by atoms with E-state index in [1.54, 1.807) is 13.8 Å². The average Bonchev–Trinajstić information content (AvgIpc) is 2.92. The number of esters is 2. The fourth-order valence-electron chi connectivity index (χ4n) is 2.90. The van der Waals surface area contributed by atoms with Gasteiger partial charge in [0.1, 0.15) is 0 Å². The molecular formula is C16H28O4. The Labute approximate surface area is 122 Å². The monoisotopic (exact) mass is 284 g/mol. The van der Waals surface area contributed by atoms with Crippen molar-refractivity contribution >= 4 is 11.9 Å². The van der Waals surface area contributed by atoms with Crippen LogP contribution < -0.4 is 0 Å². The third kappa shape index (κ3) is 5.93. The molecule has 0 saturated heterocycles. The lowest BCUT2D eigenvalue weighted by Crippen LogP contribution is -2.28. The van der Waals surface area contributed by atoms with Gasteiger partial charge in [-0.1, -0.05) is 44.9 Å². The molecule has 1 rings (SSSR count). The molecule has 116 valence electrons. The average molecular weight is 284 g/mol. The fourth-order valence-corrected chi connectivity index (χ4v) is 2.90. The van der Waals surface area contributed by atoms with Gasteiger partial charge in [-0.15, -0.1) is 0 Å². The van der Waals surface area contributed by atoms with E-state index in [4.69, 9.17) is 9.47 Å². The SMILES string of the molecule is CCOC(=O)C(CCCCC1CCCC1)C(=O)OCC. The van der Waals surface area contributed by atoms with Gasteiger partial charge in [0.25, 0.3) is 0 Å². The summed E-state index contributed by atoms with van der Waals surface area (Å²) in [6.07, 6.45) is 9.15. The smallest absolute Gasteiger partial charge is 0.320 e. The highest BCUT2D eigenvalue weighted by molar-refractivity contribution is 5.94. The second-order valence-corrected chi connectivity index (χ2v) is 5.49. The first-order chi connectivity index (χ1) is 9.69. The highest BCUT2D eigenvalue weighted by Crippen LogP contribution is 2.29. The summed E-state index contributed by atoms with van der Waals surface area (Å²) in [5.74, 6) is -0.754. The van der Waals surface area contributed by atoms with Crippen LogP contribution in [0.15, 0.2) is 0 Å². The van der Waals surface area contributed by atoms with E-state index < -0.39 is 17.9 Å². The summed E-state index contributed by atoms with van der Waals surface area (Å²) < 4.78 is 9.92. The summed E-state index contributed by atoms with van der Waals surface area (Å²) in [7, 11) is 0. The molecule has 4 heteroatoms. The van der Waals surface area contributed by atoms with Crippen molar-refractivity contribution in [2.45, 2.75) is 65.2 Å². The predicted molar refractivity (Wildman–Crippen MR) is 77.2 cm³/mol. The van der Waals surface area contributed by atoms with Gasteiger partial charge in [0.05, 0.1) is 13.2 Å². The van der Waals surface area contributed by atoms with Crippen LogP contribution in [0, 0.1) is 11.8 Å². The number of ether oxygens (including phenoxy) is 2. The molecule has 0 N–H and O–H groups in total. The van der Waals surface area contributed by atoms with Crippen LogP contribution in [-0.2, 0) is 19.1 Å². The molecule has 0 spiro atoms. The van der Waals surface area contributed by atoms with Gasteiger partial charge in [0.2, 0.25) is 0 Å². The minimum Gasteiger partial charge on any atom is -0.465 e. The first kappa shape index (κ1) is 17.0. The summed E-state index contributed by atoms with van der Waals surface area (Å²) >= 11 is 0. The standard InChI is InChI=1S/C16H28O4/c1-3-19-15(17)14(16(18)20-4-2)12-8-7-11-13-9-5-6-10-13/h13-14H,3-12H2,1-2H3. The Bertz CT molecular complexity index is 277. The molecule has 0 aliphatic heterocycles. The highest BCUT2D eigenvalue weighted by atomic mass is 16.6. The van der Waals surface area contributed by atoms with Gasteiger partial charge in [-0.3, -0.25) is 9.59 Å². The number of hydrogen-bond acceptors (Lipinski definition) is 4. The van der Waals surface area contributed by atoms with Crippen molar-refractivity contribution in [3.63, 3.8) is 0 Å². The molecule has 0 radical (unpaired) electrons. The van der Waals surface area contributed by atoms with Crippen LogP contribution >= 0.6 is 0 Å². The van der Waals surface area contributed by atoms with Gasteiger partial charge in [-0.2, -0.15) is 0 Å². The molecule has 0 bridgehead atoms. The summed E-state index contributed by atoms with van der Waals surface area (Å²) in [6, 6.07) is 0. The summed E-state index contributed by atoms with van der Waals surface area (Å²) in [5, 5.41) is 0. The van der Waals surface area contributed by atoms with Crippen molar-refractivity contribution in [1.29, 1.82) is 0 Å². The second-order valence-electron chi connectivity index (χ2n) is 5.49. The Balaban J connectivity index is 2.31. The van der Waals surface area contributed by atoms with E-state index in [0.29, 0.717) is 19.6 Å². The van der Waals surface area contributed by atoms with E-state index in [-0.39, 0.29) is 0 Å². The number of hydrogen-bond donors (Lipinski definition) is 0. The van der Waals surface area contributed by atoms with Crippen LogP contribution in [-0.4, -0.2) is 25.2 Å². The van der Waals surface area contributed by atoms with Crippen molar-refractivity contribution < 1.29 is 19.1 Å². The lowest BCUT2D eigenvalue weighted by molar-refractivity contribution is -0.161. The molecule has 0 unspecified atom stereocenters. The fraction of sp³-hybridized carbons (Fsp3) is 0.875. The molecule has 0 aromatic heterocycles. The van der Waals surface area contributed by atoms with Gasteiger partial charge in [-0.25, -0.2) is 0 Å². The summed E-state index contributed by atoms with van der Waals surface area (Å²) in [4.78, 5) is 23.6. The number of carbonyl (C=O) groups excluding carboxylic acids is 2. The largest absolute Gasteiger partial charge is 0.465 e. The van der Waals surface area contributed by atoms with Crippen molar-refractivity contribution in [3.8, 4) is 0 Å². The van der Waals surface area contributed by atoms with Gasteiger partial charge in [0.15, 0.2) is 5.92 Å². The molecule has 0 atom stereocenters.